The largest absolute Gasteiger partial charge is 0.507 e. The summed E-state index contributed by atoms with van der Waals surface area (Å²) in [7, 11) is 3.13. The van der Waals surface area contributed by atoms with E-state index in [-0.39, 0.29) is 23.4 Å². The number of benzene rings is 2. The molecule has 176 valence electrons. The van der Waals surface area contributed by atoms with Crippen molar-refractivity contribution in [1.82, 2.24) is 25.0 Å². The molecule has 33 heavy (non-hydrogen) atoms. The molecule has 1 aromatic heterocycles. The van der Waals surface area contributed by atoms with Crippen LogP contribution in [-0.2, 0) is 6.54 Å². The quantitative estimate of drug-likeness (QED) is 0.511. The molecule has 3 aromatic rings. The number of aromatic nitrogens is 3. The molecule has 3 rings (SSSR count). The van der Waals surface area contributed by atoms with Gasteiger partial charge in [-0.05, 0) is 48.3 Å². The number of ether oxygens (including phenoxy) is 1. The van der Waals surface area contributed by atoms with E-state index < -0.39 is 0 Å². The summed E-state index contributed by atoms with van der Waals surface area (Å²) in [5.74, 6) is 0.931. The number of hydrogen-bond donors (Lipinski definition) is 2. The van der Waals surface area contributed by atoms with Gasteiger partial charge in [0.25, 0.3) is 5.91 Å². The zero-order valence-corrected chi connectivity index (χ0v) is 20.2. The molecule has 0 saturated heterocycles. The van der Waals surface area contributed by atoms with Crippen molar-refractivity contribution < 1.29 is 14.6 Å². The fourth-order valence-corrected chi connectivity index (χ4v) is 3.81. The molecule has 0 fully saturated rings. The van der Waals surface area contributed by atoms with Gasteiger partial charge in [-0.1, -0.05) is 39.8 Å². The van der Waals surface area contributed by atoms with E-state index >= 15 is 0 Å². The first-order valence-corrected chi connectivity index (χ1v) is 11.2. The zero-order chi connectivity index (χ0) is 24.1. The number of hydrogen-bond acceptors (Lipinski definition) is 6. The van der Waals surface area contributed by atoms with Crippen LogP contribution >= 0.6 is 0 Å². The fourth-order valence-electron chi connectivity index (χ4n) is 3.81. The van der Waals surface area contributed by atoms with Crippen LogP contribution in [-0.4, -0.2) is 57.9 Å². The van der Waals surface area contributed by atoms with E-state index in [0.717, 1.165) is 30.9 Å². The number of methoxy groups -OCH3 is 1. The fraction of sp³-hybridized carbons (Fsp3) is 0.400. The number of phenolic OH excluding ortho intramolecular Hbond substituents is 1. The average molecular weight is 452 g/mol. The van der Waals surface area contributed by atoms with Gasteiger partial charge in [0, 0.05) is 25.3 Å². The highest BCUT2D eigenvalue weighted by atomic mass is 16.5. The van der Waals surface area contributed by atoms with Gasteiger partial charge in [0.15, 0.2) is 5.82 Å². The van der Waals surface area contributed by atoms with Gasteiger partial charge in [-0.25, -0.2) is 0 Å². The number of rotatable bonds is 9. The lowest BCUT2D eigenvalue weighted by Crippen LogP contribution is -2.23. The average Bonchev–Trinajstić information content (AvgIpc) is 3.26. The summed E-state index contributed by atoms with van der Waals surface area (Å²) in [5.41, 5.74) is 3.32. The van der Waals surface area contributed by atoms with Crippen LogP contribution < -0.4 is 10.1 Å². The maximum atomic E-state index is 12.6. The van der Waals surface area contributed by atoms with Gasteiger partial charge in [-0.3, -0.25) is 14.3 Å². The van der Waals surface area contributed by atoms with Crippen molar-refractivity contribution >= 4 is 5.91 Å². The Morgan fingerprint density at radius 3 is 2.36 bits per heavy atom. The standard InChI is InChI=1S/C25H33N5O3/c1-7-29(8-2)15-17-9-11-18(12-10-17)30-23(27-28-24(30)25(32)26-5)20-13-19(16(3)4)22(33-6)14-21(20)31/h9-14,16,31H,7-8,15H2,1-6H3,(H,26,32). The second kappa shape index (κ2) is 10.5. The Morgan fingerprint density at radius 2 is 1.82 bits per heavy atom. The van der Waals surface area contributed by atoms with E-state index in [4.69, 9.17) is 4.74 Å². The van der Waals surface area contributed by atoms with Crippen LogP contribution in [0.25, 0.3) is 17.1 Å². The van der Waals surface area contributed by atoms with Gasteiger partial charge in [0.1, 0.15) is 11.5 Å². The molecule has 0 unspecified atom stereocenters. The molecule has 2 N–H and O–H groups in total. The van der Waals surface area contributed by atoms with Crippen molar-refractivity contribution in [2.75, 3.05) is 27.2 Å². The van der Waals surface area contributed by atoms with Crippen LogP contribution in [0.2, 0.25) is 0 Å². The normalized spacial score (nSPS) is 11.3. The Bertz CT molecular complexity index is 1100. The Morgan fingerprint density at radius 1 is 1.15 bits per heavy atom. The SMILES string of the molecule is CCN(CC)Cc1ccc(-n2c(C(=O)NC)nnc2-c2cc(C(C)C)c(OC)cc2O)cc1. The lowest BCUT2D eigenvalue weighted by Gasteiger charge is -2.18. The molecule has 0 spiro atoms. The number of carbonyl (C=O) groups excluding carboxylic acids is 1. The van der Waals surface area contributed by atoms with Gasteiger partial charge >= 0.3 is 0 Å². The molecule has 1 amide bonds. The van der Waals surface area contributed by atoms with E-state index in [2.05, 4.69) is 34.3 Å². The number of amides is 1. The maximum absolute atomic E-state index is 12.6. The molecule has 0 aliphatic carbocycles. The highest BCUT2D eigenvalue weighted by molar-refractivity contribution is 5.92. The number of phenols is 1. The van der Waals surface area contributed by atoms with Crippen LogP contribution in [0.3, 0.4) is 0 Å². The van der Waals surface area contributed by atoms with Crippen molar-refractivity contribution in [2.45, 2.75) is 40.2 Å². The Hall–Kier alpha value is -3.39. The molecule has 0 saturated carbocycles. The summed E-state index contributed by atoms with van der Waals surface area (Å²) in [6.45, 7) is 11.2. The topological polar surface area (TPSA) is 92.5 Å². The summed E-state index contributed by atoms with van der Waals surface area (Å²) in [5, 5.41) is 21.8. The first-order chi connectivity index (χ1) is 15.8. The van der Waals surface area contributed by atoms with Gasteiger partial charge in [-0.15, -0.1) is 10.2 Å². The molecule has 0 bridgehead atoms. The monoisotopic (exact) mass is 451 g/mol. The minimum Gasteiger partial charge on any atom is -0.507 e. The number of carbonyl (C=O) groups is 1. The summed E-state index contributed by atoms with van der Waals surface area (Å²) >= 11 is 0. The minimum absolute atomic E-state index is 0.00603. The van der Waals surface area contributed by atoms with E-state index in [1.807, 2.05) is 44.2 Å². The lowest BCUT2D eigenvalue weighted by atomic mass is 9.98. The molecule has 0 radical (unpaired) electrons. The second-order valence-corrected chi connectivity index (χ2v) is 8.16. The highest BCUT2D eigenvalue weighted by Gasteiger charge is 2.24. The lowest BCUT2D eigenvalue weighted by molar-refractivity contribution is 0.0951. The van der Waals surface area contributed by atoms with Crippen LogP contribution in [0.15, 0.2) is 36.4 Å². The van der Waals surface area contributed by atoms with E-state index in [1.165, 1.54) is 5.56 Å². The van der Waals surface area contributed by atoms with Crippen LogP contribution in [0.5, 0.6) is 11.5 Å². The van der Waals surface area contributed by atoms with Crippen molar-refractivity contribution in [3.05, 3.63) is 53.3 Å². The molecule has 2 aromatic carbocycles. The number of nitrogens with zero attached hydrogens (tertiary/aromatic N) is 4. The van der Waals surface area contributed by atoms with Crippen LogP contribution in [0.4, 0.5) is 0 Å². The van der Waals surface area contributed by atoms with E-state index in [0.29, 0.717) is 17.1 Å². The number of aromatic hydroxyl groups is 1. The molecule has 8 nitrogen and oxygen atoms in total. The van der Waals surface area contributed by atoms with Gasteiger partial charge in [-0.2, -0.15) is 0 Å². The minimum atomic E-state index is -0.363. The predicted molar refractivity (Wildman–Crippen MR) is 129 cm³/mol. The maximum Gasteiger partial charge on any atom is 0.289 e. The van der Waals surface area contributed by atoms with Gasteiger partial charge < -0.3 is 15.2 Å². The van der Waals surface area contributed by atoms with Crippen molar-refractivity contribution in [1.29, 1.82) is 0 Å². The Labute approximate surface area is 195 Å². The Balaban J connectivity index is 2.14. The van der Waals surface area contributed by atoms with Gasteiger partial charge in [0.05, 0.1) is 12.7 Å². The first kappa shape index (κ1) is 24.3. The third-order valence-corrected chi connectivity index (χ3v) is 5.80. The Kier molecular flexibility index (Phi) is 7.71. The molecule has 0 atom stereocenters. The summed E-state index contributed by atoms with van der Waals surface area (Å²) < 4.78 is 7.12. The van der Waals surface area contributed by atoms with E-state index in [1.54, 1.807) is 24.8 Å². The summed E-state index contributed by atoms with van der Waals surface area (Å²) in [4.78, 5) is 14.9. The van der Waals surface area contributed by atoms with Gasteiger partial charge in [0.2, 0.25) is 5.82 Å². The van der Waals surface area contributed by atoms with Crippen molar-refractivity contribution in [2.24, 2.45) is 0 Å². The van der Waals surface area contributed by atoms with Crippen molar-refractivity contribution in [3.63, 3.8) is 0 Å². The van der Waals surface area contributed by atoms with Crippen molar-refractivity contribution in [3.8, 4) is 28.6 Å². The third-order valence-electron chi connectivity index (χ3n) is 5.80. The zero-order valence-electron chi connectivity index (χ0n) is 20.2. The third kappa shape index (κ3) is 5.01. The molecule has 8 heteroatoms. The van der Waals surface area contributed by atoms with Crippen LogP contribution in [0, 0.1) is 0 Å². The molecule has 0 aliphatic heterocycles. The first-order valence-electron chi connectivity index (χ1n) is 11.2. The summed E-state index contributed by atoms with van der Waals surface area (Å²) in [6.07, 6.45) is 0. The number of nitrogens with one attached hydrogen (secondary N) is 1. The molecular weight excluding hydrogens is 418 g/mol. The van der Waals surface area contributed by atoms with Crippen LogP contribution in [0.1, 0.15) is 55.4 Å². The molecule has 0 aliphatic rings. The van der Waals surface area contributed by atoms with E-state index in [9.17, 15) is 9.90 Å². The second-order valence-electron chi connectivity index (χ2n) is 8.16. The smallest absolute Gasteiger partial charge is 0.289 e. The highest BCUT2D eigenvalue weighted by Crippen LogP contribution is 2.38. The predicted octanol–water partition coefficient (Wildman–Crippen LogP) is 3.97. The molecule has 1 heterocycles. The summed E-state index contributed by atoms with van der Waals surface area (Å²) in [6, 6.07) is 11.4. The molecular formula is C25H33N5O3.